The summed E-state index contributed by atoms with van der Waals surface area (Å²) >= 11 is 0. The van der Waals surface area contributed by atoms with Crippen molar-refractivity contribution >= 4 is 0 Å². The normalized spacial score (nSPS) is 17.4. The van der Waals surface area contributed by atoms with Crippen molar-refractivity contribution in [2.45, 2.75) is 51.6 Å². The summed E-state index contributed by atoms with van der Waals surface area (Å²) in [6.07, 6.45) is 5.24. The molecule has 0 spiro atoms. The predicted molar refractivity (Wildman–Crippen MR) is 89.2 cm³/mol. The SMILES string of the molecule is CC/C=C(/OC)C(C)(C)Oc1cccc(C2CCNCC2)n1. The van der Waals surface area contributed by atoms with E-state index < -0.39 is 5.60 Å². The molecule has 4 nitrogen and oxygen atoms in total. The lowest BCUT2D eigenvalue weighted by Gasteiger charge is -2.28. The van der Waals surface area contributed by atoms with Crippen molar-refractivity contribution in [1.29, 1.82) is 0 Å². The van der Waals surface area contributed by atoms with Crippen molar-refractivity contribution in [3.8, 4) is 5.88 Å². The molecular formula is C18H28N2O2. The van der Waals surface area contributed by atoms with Crippen LogP contribution in [0.5, 0.6) is 5.88 Å². The lowest BCUT2D eigenvalue weighted by molar-refractivity contribution is 0.0725. The van der Waals surface area contributed by atoms with Crippen molar-refractivity contribution in [3.05, 3.63) is 35.7 Å². The summed E-state index contributed by atoms with van der Waals surface area (Å²) < 4.78 is 11.6. The molecule has 0 aromatic carbocycles. The van der Waals surface area contributed by atoms with Crippen LogP contribution in [0.3, 0.4) is 0 Å². The number of methoxy groups -OCH3 is 1. The molecule has 2 heterocycles. The molecular weight excluding hydrogens is 276 g/mol. The van der Waals surface area contributed by atoms with Crippen molar-refractivity contribution in [1.82, 2.24) is 10.3 Å². The van der Waals surface area contributed by atoms with Crippen LogP contribution in [0.4, 0.5) is 0 Å². The smallest absolute Gasteiger partial charge is 0.214 e. The molecule has 0 amide bonds. The number of rotatable bonds is 6. The maximum Gasteiger partial charge on any atom is 0.214 e. The van der Waals surface area contributed by atoms with E-state index in [1.165, 1.54) is 0 Å². The third-order valence-corrected chi connectivity index (χ3v) is 4.07. The molecule has 0 atom stereocenters. The number of aromatic nitrogens is 1. The van der Waals surface area contributed by atoms with Gasteiger partial charge in [0.15, 0.2) is 5.60 Å². The Hall–Kier alpha value is -1.55. The van der Waals surface area contributed by atoms with Gasteiger partial charge >= 0.3 is 0 Å². The van der Waals surface area contributed by atoms with Gasteiger partial charge in [0.1, 0.15) is 5.76 Å². The van der Waals surface area contributed by atoms with Gasteiger partial charge in [-0.2, -0.15) is 0 Å². The van der Waals surface area contributed by atoms with Gasteiger partial charge in [-0.15, -0.1) is 0 Å². The minimum absolute atomic E-state index is 0.523. The minimum Gasteiger partial charge on any atom is -0.497 e. The van der Waals surface area contributed by atoms with Crippen LogP contribution < -0.4 is 10.1 Å². The van der Waals surface area contributed by atoms with Crippen LogP contribution in [-0.4, -0.2) is 30.8 Å². The Morgan fingerprint density at radius 2 is 2.09 bits per heavy atom. The maximum absolute atomic E-state index is 6.12. The first-order valence-electron chi connectivity index (χ1n) is 8.18. The molecule has 0 saturated carbocycles. The fourth-order valence-electron chi connectivity index (χ4n) is 2.90. The number of allylic oxidation sites excluding steroid dienone is 1. The van der Waals surface area contributed by atoms with Gasteiger partial charge in [0.05, 0.1) is 7.11 Å². The summed E-state index contributed by atoms with van der Waals surface area (Å²) in [5.41, 5.74) is 0.609. The summed E-state index contributed by atoms with van der Waals surface area (Å²) in [5.74, 6) is 2.03. The van der Waals surface area contributed by atoms with Gasteiger partial charge in [0.2, 0.25) is 5.88 Å². The zero-order valence-corrected chi connectivity index (χ0v) is 14.2. The minimum atomic E-state index is -0.523. The second kappa shape index (κ2) is 7.63. The fraction of sp³-hybridized carbons (Fsp3) is 0.611. The van der Waals surface area contributed by atoms with E-state index in [0.717, 1.165) is 43.8 Å². The van der Waals surface area contributed by atoms with E-state index >= 15 is 0 Å². The molecule has 1 N–H and O–H groups in total. The number of piperidine rings is 1. The molecule has 0 aliphatic carbocycles. The highest BCUT2D eigenvalue weighted by molar-refractivity contribution is 5.21. The molecule has 1 aromatic rings. The highest BCUT2D eigenvalue weighted by atomic mass is 16.5. The summed E-state index contributed by atoms with van der Waals surface area (Å²) in [7, 11) is 1.69. The van der Waals surface area contributed by atoms with E-state index in [1.54, 1.807) is 7.11 Å². The average Bonchev–Trinajstić information content (AvgIpc) is 2.53. The Bertz CT molecular complexity index is 506. The lowest BCUT2D eigenvalue weighted by Crippen LogP contribution is -2.32. The van der Waals surface area contributed by atoms with Crippen LogP contribution in [0.25, 0.3) is 0 Å². The van der Waals surface area contributed by atoms with E-state index in [9.17, 15) is 0 Å². The van der Waals surface area contributed by atoms with Gasteiger partial charge in [0, 0.05) is 17.7 Å². The number of nitrogens with zero attached hydrogens (tertiary/aromatic N) is 1. The van der Waals surface area contributed by atoms with E-state index in [2.05, 4.69) is 24.4 Å². The van der Waals surface area contributed by atoms with Gasteiger partial charge in [-0.3, -0.25) is 0 Å². The Kier molecular flexibility index (Phi) is 5.83. The Morgan fingerprint density at radius 3 is 2.73 bits per heavy atom. The standard InChI is InChI=1S/C18H28N2O2/c1-5-7-16(21-4)18(2,3)22-17-9-6-8-15(20-17)14-10-12-19-13-11-14/h6-9,14,19H,5,10-13H2,1-4H3/b16-7+. The summed E-state index contributed by atoms with van der Waals surface area (Å²) in [6, 6.07) is 6.06. The third kappa shape index (κ3) is 4.23. The Balaban J connectivity index is 2.13. The van der Waals surface area contributed by atoms with Gasteiger partial charge < -0.3 is 14.8 Å². The topological polar surface area (TPSA) is 43.4 Å². The van der Waals surface area contributed by atoms with Crippen molar-refractivity contribution in [2.24, 2.45) is 0 Å². The quantitative estimate of drug-likeness (QED) is 0.815. The number of ether oxygens (including phenoxy) is 2. The van der Waals surface area contributed by atoms with Crippen LogP contribution in [0, 0.1) is 0 Å². The second-order valence-electron chi connectivity index (χ2n) is 6.22. The van der Waals surface area contributed by atoms with Gasteiger partial charge in [-0.25, -0.2) is 4.98 Å². The molecule has 0 bridgehead atoms. The molecule has 122 valence electrons. The highest BCUT2D eigenvalue weighted by Gasteiger charge is 2.27. The third-order valence-electron chi connectivity index (χ3n) is 4.07. The van der Waals surface area contributed by atoms with Crippen LogP contribution in [0.15, 0.2) is 30.0 Å². The number of nitrogens with one attached hydrogen (secondary N) is 1. The zero-order chi connectivity index (χ0) is 16.0. The molecule has 1 saturated heterocycles. The van der Waals surface area contributed by atoms with Gasteiger partial charge in [-0.05, 0) is 58.3 Å². The first-order chi connectivity index (χ1) is 10.6. The first-order valence-corrected chi connectivity index (χ1v) is 8.18. The van der Waals surface area contributed by atoms with E-state index in [1.807, 2.05) is 26.0 Å². The molecule has 0 radical (unpaired) electrons. The van der Waals surface area contributed by atoms with E-state index in [-0.39, 0.29) is 0 Å². The fourth-order valence-corrected chi connectivity index (χ4v) is 2.90. The van der Waals surface area contributed by atoms with Crippen LogP contribution in [0.2, 0.25) is 0 Å². The first kappa shape index (κ1) is 16.8. The number of pyridine rings is 1. The van der Waals surface area contributed by atoms with Gasteiger partial charge in [-0.1, -0.05) is 13.0 Å². The second-order valence-corrected chi connectivity index (χ2v) is 6.22. The summed E-state index contributed by atoms with van der Waals surface area (Å²) in [6.45, 7) is 8.24. The van der Waals surface area contributed by atoms with Crippen LogP contribution in [0.1, 0.15) is 51.6 Å². The largest absolute Gasteiger partial charge is 0.497 e. The molecule has 0 unspecified atom stereocenters. The zero-order valence-electron chi connectivity index (χ0n) is 14.2. The van der Waals surface area contributed by atoms with Crippen LogP contribution >= 0.6 is 0 Å². The van der Waals surface area contributed by atoms with Crippen LogP contribution in [-0.2, 0) is 4.74 Å². The molecule has 22 heavy (non-hydrogen) atoms. The van der Waals surface area contributed by atoms with Crippen molar-refractivity contribution in [3.63, 3.8) is 0 Å². The predicted octanol–water partition coefficient (Wildman–Crippen LogP) is 3.65. The Labute approximate surface area is 133 Å². The average molecular weight is 304 g/mol. The Morgan fingerprint density at radius 1 is 1.36 bits per heavy atom. The molecule has 1 aliphatic heterocycles. The summed E-state index contributed by atoms with van der Waals surface area (Å²) in [5, 5.41) is 3.39. The van der Waals surface area contributed by atoms with Crippen molar-refractivity contribution in [2.75, 3.05) is 20.2 Å². The molecule has 1 fully saturated rings. The van der Waals surface area contributed by atoms with Gasteiger partial charge in [0.25, 0.3) is 0 Å². The molecule has 1 aliphatic rings. The molecule has 2 rings (SSSR count). The maximum atomic E-state index is 6.12. The highest BCUT2D eigenvalue weighted by Crippen LogP contribution is 2.28. The van der Waals surface area contributed by atoms with Crippen molar-refractivity contribution < 1.29 is 9.47 Å². The lowest BCUT2D eigenvalue weighted by atomic mass is 9.94. The monoisotopic (exact) mass is 304 g/mol. The number of hydrogen-bond acceptors (Lipinski definition) is 4. The summed E-state index contributed by atoms with van der Waals surface area (Å²) in [4.78, 5) is 4.73. The van der Waals surface area contributed by atoms with E-state index in [0.29, 0.717) is 11.8 Å². The molecule has 1 aromatic heterocycles. The van der Waals surface area contributed by atoms with E-state index in [4.69, 9.17) is 14.5 Å². The molecule has 4 heteroatoms. The number of hydrogen-bond donors (Lipinski definition) is 1.